The Labute approximate surface area is 84.0 Å². The van der Waals surface area contributed by atoms with Crippen molar-refractivity contribution in [3.8, 4) is 0 Å². The molecule has 0 unspecified atom stereocenters. The smallest absolute Gasteiger partial charge is 0.307 e. The Morgan fingerprint density at radius 3 is 3.07 bits per heavy atom. The van der Waals surface area contributed by atoms with Crippen molar-refractivity contribution < 1.29 is 14.3 Å². The number of amides is 1. The lowest BCUT2D eigenvalue weighted by atomic mass is 10.1. The Kier molecular flexibility index (Phi) is 4.43. The van der Waals surface area contributed by atoms with Crippen molar-refractivity contribution in [3.05, 3.63) is 0 Å². The number of carbonyl (C=O) groups is 2. The Morgan fingerprint density at radius 1 is 1.57 bits per heavy atom. The minimum Gasteiger partial charge on any atom is -0.466 e. The zero-order valence-electron chi connectivity index (χ0n) is 8.54. The molecule has 1 amide bonds. The molecule has 0 aromatic heterocycles. The highest BCUT2D eigenvalue weighted by molar-refractivity contribution is 5.78. The predicted octanol–water partition coefficient (Wildman–Crippen LogP) is 0.998. The van der Waals surface area contributed by atoms with Crippen LogP contribution >= 0.6 is 0 Å². The Hall–Kier alpha value is -1.06. The lowest BCUT2D eigenvalue weighted by molar-refractivity contribution is -0.143. The van der Waals surface area contributed by atoms with Gasteiger partial charge in [0.15, 0.2) is 0 Å². The van der Waals surface area contributed by atoms with Gasteiger partial charge in [0.1, 0.15) is 0 Å². The molecule has 1 aliphatic heterocycles. The molecule has 0 aromatic rings. The first kappa shape index (κ1) is 11.0. The van der Waals surface area contributed by atoms with E-state index in [0.717, 1.165) is 19.3 Å². The molecule has 1 saturated heterocycles. The summed E-state index contributed by atoms with van der Waals surface area (Å²) in [5, 5.41) is 2.83. The van der Waals surface area contributed by atoms with E-state index in [4.69, 9.17) is 4.74 Å². The van der Waals surface area contributed by atoms with Crippen LogP contribution in [0, 0.1) is 0 Å². The fourth-order valence-electron chi connectivity index (χ4n) is 1.62. The molecule has 1 atom stereocenters. The first-order valence-electron chi connectivity index (χ1n) is 5.17. The van der Waals surface area contributed by atoms with E-state index >= 15 is 0 Å². The van der Waals surface area contributed by atoms with Crippen molar-refractivity contribution in [2.75, 3.05) is 6.61 Å². The molecule has 14 heavy (non-hydrogen) atoms. The zero-order valence-corrected chi connectivity index (χ0v) is 8.54. The van der Waals surface area contributed by atoms with Crippen molar-refractivity contribution in [2.45, 2.75) is 45.1 Å². The summed E-state index contributed by atoms with van der Waals surface area (Å²) in [6.45, 7) is 2.18. The summed E-state index contributed by atoms with van der Waals surface area (Å²) in [6, 6.07) is -0.0240. The minimum atomic E-state index is -0.222. The van der Waals surface area contributed by atoms with Gasteiger partial charge in [0.2, 0.25) is 5.91 Å². The highest BCUT2D eigenvalue weighted by Gasteiger charge is 2.19. The van der Waals surface area contributed by atoms with Gasteiger partial charge in [-0.3, -0.25) is 9.59 Å². The van der Waals surface area contributed by atoms with E-state index in [-0.39, 0.29) is 17.9 Å². The molecule has 0 aromatic carbocycles. The van der Waals surface area contributed by atoms with Crippen LogP contribution in [0.25, 0.3) is 0 Å². The van der Waals surface area contributed by atoms with Crippen molar-refractivity contribution in [2.24, 2.45) is 0 Å². The van der Waals surface area contributed by atoms with Gasteiger partial charge in [0.05, 0.1) is 13.0 Å². The normalized spacial score (nSPS) is 22.4. The van der Waals surface area contributed by atoms with Crippen LogP contribution in [0.4, 0.5) is 0 Å². The predicted molar refractivity (Wildman–Crippen MR) is 51.6 cm³/mol. The summed E-state index contributed by atoms with van der Waals surface area (Å²) in [4.78, 5) is 22.3. The molecule has 80 valence electrons. The number of carbonyl (C=O) groups excluding carboxylic acids is 2. The second-order valence-corrected chi connectivity index (χ2v) is 3.52. The Balaban J connectivity index is 2.34. The minimum absolute atomic E-state index is 0.0240. The largest absolute Gasteiger partial charge is 0.466 e. The fraction of sp³-hybridized carbons (Fsp3) is 0.800. The van der Waals surface area contributed by atoms with E-state index < -0.39 is 0 Å². The lowest BCUT2D eigenvalue weighted by Gasteiger charge is -2.14. The van der Waals surface area contributed by atoms with Crippen LogP contribution in [-0.4, -0.2) is 24.5 Å². The standard InChI is InChI=1S/C10H17NO3/c1-2-14-10(13)7-8-5-3-4-6-9(12)11-8/h8H,2-7H2,1H3,(H,11,12)/t8-/m1/s1. The van der Waals surface area contributed by atoms with Crippen LogP contribution in [0.5, 0.6) is 0 Å². The molecule has 4 nitrogen and oxygen atoms in total. The van der Waals surface area contributed by atoms with Gasteiger partial charge >= 0.3 is 5.97 Å². The van der Waals surface area contributed by atoms with Gasteiger partial charge in [-0.1, -0.05) is 6.42 Å². The Bertz CT molecular complexity index is 215. The Morgan fingerprint density at radius 2 is 2.36 bits per heavy atom. The van der Waals surface area contributed by atoms with Crippen molar-refractivity contribution >= 4 is 11.9 Å². The molecule has 0 radical (unpaired) electrons. The van der Waals surface area contributed by atoms with Gasteiger partial charge in [-0.15, -0.1) is 0 Å². The van der Waals surface area contributed by atoms with Crippen molar-refractivity contribution in [1.29, 1.82) is 0 Å². The van der Waals surface area contributed by atoms with E-state index in [1.807, 2.05) is 0 Å². The van der Waals surface area contributed by atoms with Crippen LogP contribution in [-0.2, 0) is 14.3 Å². The molecule has 0 spiro atoms. The van der Waals surface area contributed by atoms with E-state index in [1.165, 1.54) is 0 Å². The summed E-state index contributed by atoms with van der Waals surface area (Å²) >= 11 is 0. The molecular weight excluding hydrogens is 182 g/mol. The third-order valence-electron chi connectivity index (χ3n) is 2.29. The number of esters is 1. The third-order valence-corrected chi connectivity index (χ3v) is 2.29. The summed E-state index contributed by atoms with van der Waals surface area (Å²) in [5.41, 5.74) is 0. The number of rotatable bonds is 3. The van der Waals surface area contributed by atoms with Gasteiger partial charge in [-0.2, -0.15) is 0 Å². The monoisotopic (exact) mass is 199 g/mol. The average molecular weight is 199 g/mol. The highest BCUT2D eigenvalue weighted by atomic mass is 16.5. The number of ether oxygens (including phenoxy) is 1. The molecular formula is C10H17NO3. The second kappa shape index (κ2) is 5.62. The third kappa shape index (κ3) is 3.77. The summed E-state index contributed by atoms with van der Waals surface area (Å²) < 4.78 is 4.83. The molecule has 1 aliphatic rings. The lowest BCUT2D eigenvalue weighted by Crippen LogP contribution is -2.34. The molecule has 4 heteroatoms. The van der Waals surface area contributed by atoms with Crippen LogP contribution in [0.2, 0.25) is 0 Å². The van der Waals surface area contributed by atoms with E-state index in [9.17, 15) is 9.59 Å². The van der Waals surface area contributed by atoms with Crippen molar-refractivity contribution in [1.82, 2.24) is 5.32 Å². The van der Waals surface area contributed by atoms with Crippen LogP contribution < -0.4 is 5.32 Å². The van der Waals surface area contributed by atoms with Crippen LogP contribution in [0.1, 0.15) is 39.0 Å². The highest BCUT2D eigenvalue weighted by Crippen LogP contribution is 2.12. The first-order valence-corrected chi connectivity index (χ1v) is 5.17. The van der Waals surface area contributed by atoms with Gasteiger partial charge in [-0.05, 0) is 19.8 Å². The molecule has 0 aliphatic carbocycles. The molecule has 1 rings (SSSR count). The van der Waals surface area contributed by atoms with Crippen LogP contribution in [0.3, 0.4) is 0 Å². The maximum Gasteiger partial charge on any atom is 0.307 e. The molecule has 1 N–H and O–H groups in total. The maximum atomic E-state index is 11.2. The second-order valence-electron chi connectivity index (χ2n) is 3.52. The summed E-state index contributed by atoms with van der Waals surface area (Å²) in [5.74, 6) is -0.170. The number of hydrogen-bond acceptors (Lipinski definition) is 3. The SMILES string of the molecule is CCOC(=O)C[C@H]1CCCCC(=O)N1. The summed E-state index contributed by atoms with van der Waals surface area (Å²) in [6.07, 6.45) is 3.69. The molecule has 1 fully saturated rings. The zero-order chi connectivity index (χ0) is 10.4. The van der Waals surface area contributed by atoms with Crippen LogP contribution in [0.15, 0.2) is 0 Å². The van der Waals surface area contributed by atoms with Crippen molar-refractivity contribution in [3.63, 3.8) is 0 Å². The molecule has 0 bridgehead atoms. The number of hydrogen-bond donors (Lipinski definition) is 1. The first-order chi connectivity index (χ1) is 6.72. The van der Waals surface area contributed by atoms with Gasteiger partial charge in [0.25, 0.3) is 0 Å². The maximum absolute atomic E-state index is 11.2. The number of nitrogens with one attached hydrogen (secondary N) is 1. The van der Waals surface area contributed by atoms with E-state index in [0.29, 0.717) is 19.4 Å². The topological polar surface area (TPSA) is 55.4 Å². The fourth-order valence-corrected chi connectivity index (χ4v) is 1.62. The van der Waals surface area contributed by atoms with Gasteiger partial charge < -0.3 is 10.1 Å². The quantitative estimate of drug-likeness (QED) is 0.690. The summed E-state index contributed by atoms with van der Waals surface area (Å²) in [7, 11) is 0. The molecule has 1 heterocycles. The average Bonchev–Trinajstić information content (AvgIpc) is 2.30. The van der Waals surface area contributed by atoms with E-state index in [1.54, 1.807) is 6.92 Å². The molecule has 0 saturated carbocycles. The van der Waals surface area contributed by atoms with Gasteiger partial charge in [0, 0.05) is 12.5 Å². The van der Waals surface area contributed by atoms with E-state index in [2.05, 4.69) is 5.32 Å². The van der Waals surface area contributed by atoms with Gasteiger partial charge in [-0.25, -0.2) is 0 Å².